The molecule has 1 aliphatic rings. The van der Waals surface area contributed by atoms with Crippen LogP contribution in [0.15, 0.2) is 29.3 Å². The smallest absolute Gasteiger partial charge is 0.191 e. The molecule has 1 unspecified atom stereocenters. The Bertz CT molecular complexity index is 789. The molecule has 0 amide bonds. The Morgan fingerprint density at radius 3 is 3.07 bits per heavy atom. The number of ether oxygens (including phenoxy) is 2. The highest BCUT2D eigenvalue weighted by Gasteiger charge is 2.22. The maximum Gasteiger partial charge on any atom is 0.191 e. The molecule has 0 spiro atoms. The number of aromatic nitrogens is 3. The second kappa shape index (κ2) is 10.1. The fraction of sp³-hybridized carbons (Fsp3) is 0.550. The van der Waals surface area contributed by atoms with Gasteiger partial charge in [0.15, 0.2) is 11.8 Å². The van der Waals surface area contributed by atoms with E-state index < -0.39 is 0 Å². The molecule has 0 bridgehead atoms. The normalized spacial score (nSPS) is 16.5. The van der Waals surface area contributed by atoms with Crippen molar-refractivity contribution in [2.45, 2.75) is 45.4 Å². The van der Waals surface area contributed by atoms with Crippen LogP contribution in [0, 0.1) is 0 Å². The van der Waals surface area contributed by atoms with Crippen molar-refractivity contribution < 1.29 is 9.47 Å². The molecule has 2 N–H and O–H groups in total. The number of aliphatic imine (C=N–C) groups is 1. The van der Waals surface area contributed by atoms with Crippen LogP contribution in [-0.2, 0) is 30.7 Å². The van der Waals surface area contributed by atoms with Gasteiger partial charge < -0.3 is 20.1 Å². The Morgan fingerprint density at radius 1 is 1.39 bits per heavy atom. The Hall–Kier alpha value is -2.61. The molecule has 8 nitrogen and oxygen atoms in total. The summed E-state index contributed by atoms with van der Waals surface area (Å²) in [5.74, 6) is 3.50. The van der Waals surface area contributed by atoms with Crippen LogP contribution in [-0.4, -0.2) is 54.1 Å². The van der Waals surface area contributed by atoms with Crippen molar-refractivity contribution in [3.63, 3.8) is 0 Å². The van der Waals surface area contributed by atoms with E-state index in [-0.39, 0.29) is 6.04 Å². The molecular weight excluding hydrogens is 356 g/mol. The number of nitrogens with one attached hydrogen (secondary N) is 2. The van der Waals surface area contributed by atoms with Crippen molar-refractivity contribution in [2.75, 3.05) is 27.3 Å². The van der Waals surface area contributed by atoms with Gasteiger partial charge in [-0.3, -0.25) is 4.99 Å². The molecular formula is C20H30N6O2. The summed E-state index contributed by atoms with van der Waals surface area (Å²) >= 11 is 0. The second-order valence-electron chi connectivity index (χ2n) is 6.77. The third kappa shape index (κ3) is 5.45. The van der Waals surface area contributed by atoms with E-state index in [1.165, 1.54) is 5.56 Å². The SMILES string of the molecule is CCOc1cccc(CCNC(=NC)NC2CCc3nc(COC)nn3C2)c1. The largest absolute Gasteiger partial charge is 0.494 e. The number of guanidine groups is 1. The van der Waals surface area contributed by atoms with E-state index in [0.29, 0.717) is 13.2 Å². The minimum absolute atomic E-state index is 0.275. The number of benzene rings is 1. The first kappa shape index (κ1) is 20.1. The molecule has 152 valence electrons. The highest BCUT2D eigenvalue weighted by atomic mass is 16.5. The molecule has 0 fully saturated rings. The van der Waals surface area contributed by atoms with E-state index in [4.69, 9.17) is 9.47 Å². The maximum absolute atomic E-state index is 5.56. The zero-order valence-corrected chi connectivity index (χ0v) is 16.9. The van der Waals surface area contributed by atoms with Gasteiger partial charge in [0.05, 0.1) is 13.2 Å². The minimum atomic E-state index is 0.275. The van der Waals surface area contributed by atoms with E-state index in [1.54, 1.807) is 14.2 Å². The fourth-order valence-electron chi connectivity index (χ4n) is 3.34. The summed E-state index contributed by atoms with van der Waals surface area (Å²) in [6.45, 7) is 4.71. The molecule has 0 saturated carbocycles. The molecule has 1 aromatic carbocycles. The summed E-state index contributed by atoms with van der Waals surface area (Å²) in [6.07, 6.45) is 2.80. The molecule has 2 aromatic rings. The van der Waals surface area contributed by atoms with Gasteiger partial charge in [-0.15, -0.1) is 0 Å². The van der Waals surface area contributed by atoms with E-state index in [9.17, 15) is 0 Å². The predicted molar refractivity (Wildman–Crippen MR) is 109 cm³/mol. The number of hydrogen-bond donors (Lipinski definition) is 2. The van der Waals surface area contributed by atoms with Gasteiger partial charge in [0.25, 0.3) is 0 Å². The molecule has 0 radical (unpaired) electrons. The Morgan fingerprint density at radius 2 is 2.29 bits per heavy atom. The van der Waals surface area contributed by atoms with Crippen molar-refractivity contribution in [2.24, 2.45) is 4.99 Å². The van der Waals surface area contributed by atoms with Crippen LogP contribution in [0.5, 0.6) is 5.75 Å². The van der Waals surface area contributed by atoms with Crippen molar-refractivity contribution in [1.82, 2.24) is 25.4 Å². The Balaban J connectivity index is 1.47. The van der Waals surface area contributed by atoms with E-state index in [0.717, 1.165) is 55.7 Å². The molecule has 1 atom stereocenters. The second-order valence-corrected chi connectivity index (χ2v) is 6.77. The van der Waals surface area contributed by atoms with Gasteiger partial charge >= 0.3 is 0 Å². The molecule has 28 heavy (non-hydrogen) atoms. The number of fused-ring (bicyclic) bond motifs is 1. The Labute approximate surface area is 166 Å². The third-order valence-corrected chi connectivity index (χ3v) is 4.66. The van der Waals surface area contributed by atoms with Gasteiger partial charge in [-0.1, -0.05) is 12.1 Å². The zero-order chi connectivity index (χ0) is 19.8. The number of methoxy groups -OCH3 is 1. The van der Waals surface area contributed by atoms with Crippen LogP contribution in [0.2, 0.25) is 0 Å². The number of hydrogen-bond acceptors (Lipinski definition) is 5. The molecule has 2 heterocycles. The van der Waals surface area contributed by atoms with E-state index in [1.807, 2.05) is 23.7 Å². The van der Waals surface area contributed by atoms with Crippen LogP contribution in [0.3, 0.4) is 0 Å². The highest BCUT2D eigenvalue weighted by molar-refractivity contribution is 5.79. The van der Waals surface area contributed by atoms with Gasteiger partial charge in [0.2, 0.25) is 0 Å². The fourth-order valence-corrected chi connectivity index (χ4v) is 3.34. The summed E-state index contributed by atoms with van der Waals surface area (Å²) in [7, 11) is 3.46. The first-order valence-corrected chi connectivity index (χ1v) is 9.82. The van der Waals surface area contributed by atoms with Crippen molar-refractivity contribution >= 4 is 5.96 Å². The first-order chi connectivity index (χ1) is 13.7. The molecule has 0 aliphatic carbocycles. The average Bonchev–Trinajstić information content (AvgIpc) is 3.10. The lowest BCUT2D eigenvalue weighted by atomic mass is 10.1. The van der Waals surface area contributed by atoms with Crippen LogP contribution < -0.4 is 15.4 Å². The number of aryl methyl sites for hydroxylation is 1. The standard InChI is InChI=1S/C20H30N6O2/c1-4-28-17-7-5-6-15(12-17)10-11-22-20(21-2)23-16-8-9-19-24-18(14-27-3)25-26(19)13-16/h5-7,12,16H,4,8-11,13-14H2,1-3H3,(H2,21,22,23). The minimum Gasteiger partial charge on any atom is -0.494 e. The van der Waals surface area contributed by atoms with Gasteiger partial charge in [0, 0.05) is 33.2 Å². The summed E-state index contributed by atoms with van der Waals surface area (Å²) in [4.78, 5) is 8.88. The molecule has 3 rings (SSSR count). The lowest BCUT2D eigenvalue weighted by Gasteiger charge is -2.25. The van der Waals surface area contributed by atoms with E-state index in [2.05, 4.69) is 37.8 Å². The van der Waals surface area contributed by atoms with Crippen LogP contribution in [0.1, 0.15) is 30.6 Å². The Kier molecular flexibility index (Phi) is 7.25. The average molecular weight is 387 g/mol. The highest BCUT2D eigenvalue weighted by Crippen LogP contribution is 2.14. The summed E-state index contributed by atoms with van der Waals surface area (Å²) < 4.78 is 12.7. The molecule has 0 saturated heterocycles. The zero-order valence-electron chi connectivity index (χ0n) is 16.9. The van der Waals surface area contributed by atoms with Crippen LogP contribution >= 0.6 is 0 Å². The summed E-state index contributed by atoms with van der Waals surface area (Å²) in [6, 6.07) is 8.50. The van der Waals surface area contributed by atoms with Gasteiger partial charge in [-0.2, -0.15) is 5.10 Å². The topological polar surface area (TPSA) is 85.6 Å². The monoisotopic (exact) mass is 386 g/mol. The van der Waals surface area contributed by atoms with E-state index >= 15 is 0 Å². The predicted octanol–water partition coefficient (Wildman–Crippen LogP) is 1.55. The number of rotatable bonds is 8. The van der Waals surface area contributed by atoms with Crippen molar-refractivity contribution in [3.8, 4) is 5.75 Å². The van der Waals surface area contributed by atoms with Crippen LogP contribution in [0.4, 0.5) is 0 Å². The first-order valence-electron chi connectivity index (χ1n) is 9.82. The quantitative estimate of drug-likeness (QED) is 0.529. The van der Waals surface area contributed by atoms with Crippen molar-refractivity contribution in [3.05, 3.63) is 41.5 Å². The third-order valence-electron chi connectivity index (χ3n) is 4.66. The summed E-state index contributed by atoms with van der Waals surface area (Å²) in [5, 5.41) is 11.4. The van der Waals surface area contributed by atoms with Gasteiger partial charge in [-0.25, -0.2) is 9.67 Å². The lowest BCUT2D eigenvalue weighted by molar-refractivity contribution is 0.177. The lowest BCUT2D eigenvalue weighted by Crippen LogP contribution is -2.47. The van der Waals surface area contributed by atoms with Gasteiger partial charge in [0.1, 0.15) is 18.2 Å². The van der Waals surface area contributed by atoms with Crippen LogP contribution in [0.25, 0.3) is 0 Å². The molecule has 1 aliphatic heterocycles. The van der Waals surface area contributed by atoms with Gasteiger partial charge in [-0.05, 0) is 37.5 Å². The molecule has 1 aromatic heterocycles. The van der Waals surface area contributed by atoms with Crippen molar-refractivity contribution in [1.29, 1.82) is 0 Å². The number of nitrogens with zero attached hydrogens (tertiary/aromatic N) is 4. The summed E-state index contributed by atoms with van der Waals surface area (Å²) in [5.41, 5.74) is 1.24. The maximum atomic E-state index is 5.56. The molecule has 8 heteroatoms.